The molecule has 2 rings (SSSR count). The van der Waals surface area contributed by atoms with Crippen LogP contribution in [0.2, 0.25) is 0 Å². The summed E-state index contributed by atoms with van der Waals surface area (Å²) in [4.78, 5) is 11.6. The summed E-state index contributed by atoms with van der Waals surface area (Å²) in [5.41, 5.74) is 1.77. The van der Waals surface area contributed by atoms with Crippen LogP contribution in [0.15, 0.2) is 36.4 Å². The van der Waals surface area contributed by atoms with Crippen molar-refractivity contribution in [1.29, 1.82) is 0 Å². The maximum absolute atomic E-state index is 13.6. The summed E-state index contributed by atoms with van der Waals surface area (Å²) < 4.78 is 19.4. The van der Waals surface area contributed by atoms with Gasteiger partial charge in [0.2, 0.25) is 0 Å². The molecule has 0 fully saturated rings. The third-order valence-electron chi connectivity index (χ3n) is 3.21. The summed E-state index contributed by atoms with van der Waals surface area (Å²) in [6.07, 6.45) is 0.825. The van der Waals surface area contributed by atoms with Gasteiger partial charge in [-0.1, -0.05) is 25.1 Å². The van der Waals surface area contributed by atoms with Crippen molar-refractivity contribution in [1.82, 2.24) is 0 Å². The van der Waals surface area contributed by atoms with Gasteiger partial charge in [0.15, 0.2) is 5.78 Å². The maximum atomic E-state index is 13.6. The molecule has 0 heterocycles. The highest BCUT2D eigenvalue weighted by Gasteiger charge is 2.14. The lowest BCUT2D eigenvalue weighted by Crippen LogP contribution is -2.01. The summed E-state index contributed by atoms with van der Waals surface area (Å²) in [7, 11) is 0. The second-order valence-corrected chi connectivity index (χ2v) is 4.72. The predicted octanol–water partition coefficient (Wildman–Crippen LogP) is 4.69. The molecule has 2 nitrogen and oxygen atoms in total. The van der Waals surface area contributed by atoms with Crippen LogP contribution in [-0.4, -0.2) is 5.78 Å². The minimum atomic E-state index is -0.397. The van der Waals surface area contributed by atoms with E-state index in [1.807, 2.05) is 31.2 Å². The zero-order chi connectivity index (χ0) is 14.7. The van der Waals surface area contributed by atoms with Gasteiger partial charge in [0.05, 0.1) is 5.56 Å². The Hall–Kier alpha value is -2.16. The minimum absolute atomic E-state index is 0.215. The molecule has 0 saturated heterocycles. The van der Waals surface area contributed by atoms with E-state index in [4.69, 9.17) is 4.74 Å². The zero-order valence-corrected chi connectivity index (χ0v) is 11.9. The van der Waals surface area contributed by atoms with Gasteiger partial charge in [-0.05, 0) is 49.6 Å². The number of rotatable bonds is 4. The van der Waals surface area contributed by atoms with Gasteiger partial charge in [0.25, 0.3) is 0 Å². The summed E-state index contributed by atoms with van der Waals surface area (Å²) >= 11 is 0. The Morgan fingerprint density at radius 1 is 1.20 bits per heavy atom. The van der Waals surface area contributed by atoms with E-state index >= 15 is 0 Å². The molecule has 2 aromatic carbocycles. The standard InChI is InChI=1S/C17H17FO2/c1-4-13-7-5-6-8-16(13)20-17-9-11(2)15(18)10-14(17)12(3)19/h5-10H,4H2,1-3H3. The molecule has 0 N–H and O–H groups in total. The van der Waals surface area contributed by atoms with Crippen LogP contribution in [-0.2, 0) is 6.42 Å². The van der Waals surface area contributed by atoms with Crippen LogP contribution in [0.3, 0.4) is 0 Å². The summed E-state index contributed by atoms with van der Waals surface area (Å²) in [6, 6.07) is 10.4. The number of carbonyl (C=O) groups excluding carboxylic acids is 1. The number of ketones is 1. The smallest absolute Gasteiger partial charge is 0.163 e. The second kappa shape index (κ2) is 5.87. The predicted molar refractivity (Wildman–Crippen MR) is 77.0 cm³/mol. The van der Waals surface area contributed by atoms with E-state index in [1.54, 1.807) is 13.0 Å². The van der Waals surface area contributed by atoms with Crippen molar-refractivity contribution in [3.05, 3.63) is 58.9 Å². The first-order valence-electron chi connectivity index (χ1n) is 6.59. The van der Waals surface area contributed by atoms with Gasteiger partial charge in [-0.2, -0.15) is 0 Å². The minimum Gasteiger partial charge on any atom is -0.456 e. The number of Topliss-reactive ketones (excluding diaryl/α,β-unsaturated/α-hetero) is 1. The van der Waals surface area contributed by atoms with Crippen LogP contribution in [0, 0.1) is 12.7 Å². The molecule has 0 amide bonds. The molecule has 0 spiro atoms. The Bertz CT molecular complexity index is 647. The van der Waals surface area contributed by atoms with E-state index in [-0.39, 0.29) is 11.3 Å². The highest BCUT2D eigenvalue weighted by atomic mass is 19.1. The fourth-order valence-corrected chi connectivity index (χ4v) is 2.03. The molecule has 0 atom stereocenters. The van der Waals surface area contributed by atoms with Crippen LogP contribution < -0.4 is 4.74 Å². The van der Waals surface area contributed by atoms with Crippen molar-refractivity contribution < 1.29 is 13.9 Å². The molecule has 2 aromatic rings. The number of hydrogen-bond acceptors (Lipinski definition) is 2. The molecule has 0 aromatic heterocycles. The Kier molecular flexibility index (Phi) is 4.18. The first-order chi connectivity index (χ1) is 9.52. The molecule has 3 heteroatoms. The molecule has 0 aliphatic carbocycles. The van der Waals surface area contributed by atoms with Gasteiger partial charge >= 0.3 is 0 Å². The van der Waals surface area contributed by atoms with Gasteiger partial charge in [0.1, 0.15) is 17.3 Å². The van der Waals surface area contributed by atoms with Gasteiger partial charge < -0.3 is 4.74 Å². The summed E-state index contributed by atoms with van der Waals surface area (Å²) in [5, 5.41) is 0. The monoisotopic (exact) mass is 272 g/mol. The van der Waals surface area contributed by atoms with E-state index in [1.165, 1.54) is 13.0 Å². The quantitative estimate of drug-likeness (QED) is 0.755. The van der Waals surface area contributed by atoms with Crippen molar-refractivity contribution in [2.75, 3.05) is 0 Å². The van der Waals surface area contributed by atoms with Gasteiger partial charge in [-0.3, -0.25) is 4.79 Å². The Balaban J connectivity index is 2.47. The van der Waals surface area contributed by atoms with Gasteiger partial charge in [0, 0.05) is 0 Å². The number of halogens is 1. The normalized spacial score (nSPS) is 10.4. The SMILES string of the molecule is CCc1ccccc1Oc1cc(C)c(F)cc1C(C)=O. The number of ether oxygens (including phenoxy) is 1. The van der Waals surface area contributed by atoms with Crippen molar-refractivity contribution in [3.8, 4) is 11.5 Å². The molecule has 20 heavy (non-hydrogen) atoms. The number of aryl methyl sites for hydroxylation is 2. The Labute approximate surface area is 118 Å². The Morgan fingerprint density at radius 3 is 2.55 bits per heavy atom. The third kappa shape index (κ3) is 2.87. The van der Waals surface area contributed by atoms with E-state index in [2.05, 4.69) is 0 Å². The van der Waals surface area contributed by atoms with Crippen LogP contribution in [0.1, 0.15) is 35.3 Å². The van der Waals surface area contributed by atoms with Crippen molar-refractivity contribution in [2.45, 2.75) is 27.2 Å². The molecule has 0 bridgehead atoms. The lowest BCUT2D eigenvalue weighted by Gasteiger charge is -2.13. The van der Waals surface area contributed by atoms with E-state index in [0.717, 1.165) is 12.0 Å². The third-order valence-corrected chi connectivity index (χ3v) is 3.21. The lowest BCUT2D eigenvalue weighted by atomic mass is 10.1. The maximum Gasteiger partial charge on any atom is 0.163 e. The van der Waals surface area contributed by atoms with Crippen LogP contribution in [0.25, 0.3) is 0 Å². The van der Waals surface area contributed by atoms with Crippen LogP contribution in [0.4, 0.5) is 4.39 Å². The average molecular weight is 272 g/mol. The van der Waals surface area contributed by atoms with Crippen molar-refractivity contribution in [2.24, 2.45) is 0 Å². The van der Waals surface area contributed by atoms with Crippen molar-refractivity contribution >= 4 is 5.78 Å². The fraction of sp³-hybridized carbons (Fsp3) is 0.235. The van der Waals surface area contributed by atoms with E-state index in [9.17, 15) is 9.18 Å². The number of para-hydroxylation sites is 1. The van der Waals surface area contributed by atoms with Gasteiger partial charge in [-0.25, -0.2) is 4.39 Å². The molecule has 0 radical (unpaired) electrons. The van der Waals surface area contributed by atoms with Crippen molar-refractivity contribution in [3.63, 3.8) is 0 Å². The summed E-state index contributed by atoms with van der Waals surface area (Å²) in [5.74, 6) is 0.486. The lowest BCUT2D eigenvalue weighted by molar-refractivity contribution is 0.101. The van der Waals surface area contributed by atoms with Crippen LogP contribution in [0.5, 0.6) is 11.5 Å². The number of carbonyl (C=O) groups is 1. The molecule has 0 unspecified atom stereocenters. The summed E-state index contributed by atoms with van der Waals surface area (Å²) in [6.45, 7) is 5.09. The zero-order valence-electron chi connectivity index (χ0n) is 11.9. The second-order valence-electron chi connectivity index (χ2n) is 4.72. The first-order valence-corrected chi connectivity index (χ1v) is 6.59. The van der Waals surface area contributed by atoms with Gasteiger partial charge in [-0.15, -0.1) is 0 Å². The number of hydrogen-bond donors (Lipinski definition) is 0. The number of benzene rings is 2. The molecule has 104 valence electrons. The molecule has 0 aliphatic heterocycles. The molecular formula is C17H17FO2. The largest absolute Gasteiger partial charge is 0.456 e. The highest BCUT2D eigenvalue weighted by molar-refractivity contribution is 5.97. The molecular weight excluding hydrogens is 255 g/mol. The molecule has 0 saturated carbocycles. The van der Waals surface area contributed by atoms with E-state index < -0.39 is 5.82 Å². The topological polar surface area (TPSA) is 26.3 Å². The highest BCUT2D eigenvalue weighted by Crippen LogP contribution is 2.30. The van der Waals surface area contributed by atoms with Crippen LogP contribution >= 0.6 is 0 Å². The fourth-order valence-electron chi connectivity index (χ4n) is 2.03. The first kappa shape index (κ1) is 14.3. The average Bonchev–Trinajstić information content (AvgIpc) is 2.43. The molecule has 0 aliphatic rings. The van der Waals surface area contributed by atoms with E-state index in [0.29, 0.717) is 17.1 Å². The Morgan fingerprint density at radius 2 is 1.90 bits per heavy atom.